The highest BCUT2D eigenvalue weighted by molar-refractivity contribution is 6.74. The van der Waals surface area contributed by atoms with Crippen LogP contribution in [0.15, 0.2) is 30.3 Å². The fraction of sp³-hybridized carbons (Fsp3) is 0.667. The zero-order chi connectivity index (χ0) is 15.7. The van der Waals surface area contributed by atoms with Crippen LogP contribution in [0.5, 0.6) is 0 Å². The molecule has 3 atom stereocenters. The highest BCUT2D eigenvalue weighted by Gasteiger charge is 2.47. The van der Waals surface area contributed by atoms with Crippen LogP contribution in [-0.4, -0.2) is 31.9 Å². The first-order chi connectivity index (χ1) is 9.76. The Kier molecular flexibility index (Phi) is 4.96. The van der Waals surface area contributed by atoms with Gasteiger partial charge in [0.05, 0.1) is 6.61 Å². The average molecular weight is 306 g/mol. The van der Waals surface area contributed by atoms with E-state index in [1.165, 1.54) is 12.0 Å². The molecule has 1 aliphatic heterocycles. The van der Waals surface area contributed by atoms with Gasteiger partial charge in [-0.1, -0.05) is 58.0 Å². The number of hydrogen-bond acceptors (Lipinski definition) is 2. The molecule has 1 saturated heterocycles. The lowest BCUT2D eigenvalue weighted by Gasteiger charge is -2.36. The predicted octanol–water partition coefficient (Wildman–Crippen LogP) is 4.67. The van der Waals surface area contributed by atoms with Crippen molar-refractivity contribution in [2.75, 3.05) is 6.61 Å². The lowest BCUT2D eigenvalue weighted by molar-refractivity contribution is 0.268. The summed E-state index contributed by atoms with van der Waals surface area (Å²) in [6.07, 6.45) is 1.22. The van der Waals surface area contributed by atoms with Crippen molar-refractivity contribution in [1.29, 1.82) is 0 Å². The molecule has 0 spiro atoms. The van der Waals surface area contributed by atoms with Crippen LogP contribution < -0.4 is 0 Å². The second-order valence-electron chi connectivity index (χ2n) is 7.77. The summed E-state index contributed by atoms with van der Waals surface area (Å²) in [6, 6.07) is 12.1. The van der Waals surface area contributed by atoms with Gasteiger partial charge in [-0.25, -0.2) is 0 Å². The van der Waals surface area contributed by atoms with Gasteiger partial charge in [-0.2, -0.15) is 0 Å². The summed E-state index contributed by atoms with van der Waals surface area (Å²) in [5, 5.41) is 0.299. The van der Waals surface area contributed by atoms with Crippen molar-refractivity contribution in [2.45, 2.75) is 70.9 Å². The third kappa shape index (κ3) is 3.96. The second-order valence-corrected chi connectivity index (χ2v) is 12.6. The first kappa shape index (κ1) is 16.7. The van der Waals surface area contributed by atoms with Crippen LogP contribution in [-0.2, 0) is 11.0 Å². The normalized spacial score (nSPS) is 25.9. The van der Waals surface area contributed by atoms with E-state index in [1.54, 1.807) is 0 Å². The van der Waals surface area contributed by atoms with Crippen molar-refractivity contribution in [2.24, 2.45) is 0 Å². The molecule has 0 bridgehead atoms. The molecule has 1 aliphatic rings. The van der Waals surface area contributed by atoms with Gasteiger partial charge in [-0.3, -0.25) is 4.90 Å². The second kappa shape index (κ2) is 6.23. The minimum Gasteiger partial charge on any atom is -0.415 e. The van der Waals surface area contributed by atoms with E-state index < -0.39 is 8.32 Å². The SMILES string of the molecule is CC[C@@H]1[C@@H](CO[Si](C)(C)C(C)(C)C)N1Cc1ccccc1. The predicted molar refractivity (Wildman–Crippen MR) is 93.0 cm³/mol. The van der Waals surface area contributed by atoms with Crippen LogP contribution in [0, 0.1) is 0 Å². The van der Waals surface area contributed by atoms with E-state index >= 15 is 0 Å². The summed E-state index contributed by atoms with van der Waals surface area (Å²) in [5.74, 6) is 0. The van der Waals surface area contributed by atoms with Gasteiger partial charge < -0.3 is 4.43 Å². The molecule has 1 heterocycles. The van der Waals surface area contributed by atoms with Gasteiger partial charge in [0.25, 0.3) is 0 Å². The Labute approximate surface area is 131 Å². The quantitative estimate of drug-likeness (QED) is 0.559. The van der Waals surface area contributed by atoms with E-state index in [1.807, 2.05) is 0 Å². The molecule has 1 aromatic rings. The summed E-state index contributed by atoms with van der Waals surface area (Å²) in [4.78, 5) is 2.59. The molecule has 3 heteroatoms. The summed E-state index contributed by atoms with van der Waals surface area (Å²) in [5.41, 5.74) is 1.41. The van der Waals surface area contributed by atoms with E-state index in [9.17, 15) is 0 Å². The standard InChI is InChI=1S/C18H31NOSi/c1-7-16-17(14-20-21(5,6)18(2,3)4)19(16)13-15-11-9-8-10-12-15/h8-12,16-17H,7,13-14H2,1-6H3/t16-,17-,19?/m1/s1. The lowest BCUT2D eigenvalue weighted by atomic mass is 10.2. The van der Waals surface area contributed by atoms with Gasteiger partial charge >= 0.3 is 0 Å². The molecule has 0 aromatic heterocycles. The minimum absolute atomic E-state index is 0.299. The summed E-state index contributed by atoms with van der Waals surface area (Å²) < 4.78 is 6.42. The fourth-order valence-corrected chi connectivity index (χ4v) is 3.67. The van der Waals surface area contributed by atoms with E-state index in [2.05, 4.69) is 76.0 Å². The first-order valence-electron chi connectivity index (χ1n) is 8.20. The Morgan fingerprint density at radius 1 is 1.10 bits per heavy atom. The number of benzene rings is 1. The van der Waals surface area contributed by atoms with E-state index in [-0.39, 0.29) is 0 Å². The van der Waals surface area contributed by atoms with Gasteiger partial charge in [0.2, 0.25) is 0 Å². The van der Waals surface area contributed by atoms with Gasteiger partial charge in [0.15, 0.2) is 8.32 Å². The lowest BCUT2D eigenvalue weighted by Crippen LogP contribution is -2.42. The number of rotatable bonds is 6. The first-order valence-corrected chi connectivity index (χ1v) is 11.1. The zero-order valence-corrected chi connectivity index (χ0v) is 15.5. The highest BCUT2D eigenvalue weighted by atomic mass is 28.4. The smallest absolute Gasteiger partial charge is 0.192 e. The Bertz CT molecular complexity index is 452. The third-order valence-corrected chi connectivity index (χ3v) is 9.75. The molecule has 2 nitrogen and oxygen atoms in total. The van der Waals surface area contributed by atoms with Crippen LogP contribution in [0.25, 0.3) is 0 Å². The molecule has 1 aromatic carbocycles. The largest absolute Gasteiger partial charge is 0.415 e. The molecule has 0 aliphatic carbocycles. The summed E-state index contributed by atoms with van der Waals surface area (Å²) in [6.45, 7) is 15.9. The summed E-state index contributed by atoms with van der Waals surface area (Å²) in [7, 11) is -1.62. The van der Waals surface area contributed by atoms with Crippen molar-refractivity contribution in [3.63, 3.8) is 0 Å². The fourth-order valence-electron chi connectivity index (χ4n) is 2.64. The van der Waals surface area contributed by atoms with Crippen molar-refractivity contribution in [1.82, 2.24) is 4.90 Å². The van der Waals surface area contributed by atoms with Crippen molar-refractivity contribution < 1.29 is 4.43 Å². The van der Waals surface area contributed by atoms with Crippen LogP contribution in [0.4, 0.5) is 0 Å². The molecular weight excluding hydrogens is 274 g/mol. The van der Waals surface area contributed by atoms with Crippen molar-refractivity contribution in [3.05, 3.63) is 35.9 Å². The maximum Gasteiger partial charge on any atom is 0.192 e. The molecule has 118 valence electrons. The summed E-state index contributed by atoms with van der Waals surface area (Å²) >= 11 is 0. The van der Waals surface area contributed by atoms with Crippen LogP contribution in [0.3, 0.4) is 0 Å². The van der Waals surface area contributed by atoms with Crippen LogP contribution in [0.2, 0.25) is 18.1 Å². The average Bonchev–Trinajstić information content (AvgIpc) is 3.08. The maximum atomic E-state index is 6.42. The van der Waals surface area contributed by atoms with Crippen molar-refractivity contribution in [3.8, 4) is 0 Å². The topological polar surface area (TPSA) is 12.2 Å². The van der Waals surface area contributed by atoms with Gasteiger partial charge in [-0.15, -0.1) is 0 Å². The molecular formula is C18H31NOSi. The minimum atomic E-state index is -1.62. The highest BCUT2D eigenvalue weighted by Crippen LogP contribution is 2.39. The third-order valence-electron chi connectivity index (χ3n) is 5.25. The molecule has 1 fully saturated rings. The Hall–Kier alpha value is -0.643. The van der Waals surface area contributed by atoms with Gasteiger partial charge in [-0.05, 0) is 30.1 Å². The van der Waals surface area contributed by atoms with E-state index in [0.29, 0.717) is 17.1 Å². The maximum absolute atomic E-state index is 6.42. The number of hydrogen-bond donors (Lipinski definition) is 0. The molecule has 0 saturated carbocycles. The molecule has 2 rings (SSSR count). The van der Waals surface area contributed by atoms with E-state index in [4.69, 9.17) is 4.43 Å². The Morgan fingerprint density at radius 3 is 2.24 bits per heavy atom. The van der Waals surface area contributed by atoms with Crippen LogP contribution >= 0.6 is 0 Å². The van der Waals surface area contributed by atoms with E-state index in [0.717, 1.165) is 13.2 Å². The molecule has 21 heavy (non-hydrogen) atoms. The number of nitrogens with zero attached hydrogens (tertiary/aromatic N) is 1. The Balaban J connectivity index is 1.89. The molecule has 0 amide bonds. The van der Waals surface area contributed by atoms with Crippen LogP contribution in [0.1, 0.15) is 39.7 Å². The van der Waals surface area contributed by atoms with Gasteiger partial charge in [0.1, 0.15) is 0 Å². The zero-order valence-electron chi connectivity index (χ0n) is 14.5. The molecule has 0 N–H and O–H groups in total. The molecule has 1 unspecified atom stereocenters. The molecule has 0 radical (unpaired) electrons. The van der Waals surface area contributed by atoms with Gasteiger partial charge in [0, 0.05) is 18.6 Å². The van der Waals surface area contributed by atoms with Crippen molar-refractivity contribution >= 4 is 8.32 Å². The Morgan fingerprint density at radius 2 is 1.71 bits per heavy atom. The monoisotopic (exact) mass is 305 g/mol.